The standard InChI is InChI=1S/C13H25/c1-2-3-4-5-6-7-8-9-10-13-11-12-13/h6,13H,2-5,7-12H2,1H3. The monoisotopic (exact) mass is 181 g/mol. The maximum absolute atomic E-state index is 2.50. The van der Waals surface area contributed by atoms with Gasteiger partial charge in [-0.1, -0.05) is 71.1 Å². The molecule has 0 N–H and O–H groups in total. The molecule has 1 radical (unpaired) electrons. The SMILES string of the molecule is CCCCC[CH]CCCCC1CC1. The van der Waals surface area contributed by atoms with Crippen molar-refractivity contribution < 1.29 is 0 Å². The van der Waals surface area contributed by atoms with Gasteiger partial charge in [-0.2, -0.15) is 0 Å². The molecule has 1 aliphatic carbocycles. The lowest BCUT2D eigenvalue weighted by Crippen LogP contribution is -1.82. The number of rotatable bonds is 9. The van der Waals surface area contributed by atoms with Crippen LogP contribution in [0, 0.1) is 12.3 Å². The van der Waals surface area contributed by atoms with E-state index in [1.165, 1.54) is 64.2 Å². The number of hydrogen-bond acceptors (Lipinski definition) is 0. The van der Waals surface area contributed by atoms with Crippen molar-refractivity contribution in [1.82, 2.24) is 0 Å². The molecule has 1 saturated carbocycles. The summed E-state index contributed by atoms with van der Waals surface area (Å²) in [6.45, 7) is 2.27. The summed E-state index contributed by atoms with van der Waals surface area (Å²) >= 11 is 0. The largest absolute Gasteiger partial charge is 0.0654 e. The Bertz CT molecular complexity index is 103. The van der Waals surface area contributed by atoms with Gasteiger partial charge in [0.25, 0.3) is 0 Å². The summed E-state index contributed by atoms with van der Waals surface area (Å²) in [5, 5.41) is 0. The molecule has 0 spiro atoms. The quantitative estimate of drug-likeness (QED) is 0.451. The first-order chi connectivity index (χ1) is 6.43. The molecule has 0 nitrogen and oxygen atoms in total. The second-order valence-electron chi connectivity index (χ2n) is 4.51. The third kappa shape index (κ3) is 7.10. The Balaban J connectivity index is 1.63. The van der Waals surface area contributed by atoms with Gasteiger partial charge in [-0.25, -0.2) is 0 Å². The van der Waals surface area contributed by atoms with E-state index >= 15 is 0 Å². The van der Waals surface area contributed by atoms with E-state index in [1.54, 1.807) is 0 Å². The Hall–Kier alpha value is 0. The predicted octanol–water partition coefficient (Wildman–Crippen LogP) is 4.74. The third-order valence-electron chi connectivity index (χ3n) is 2.98. The lowest BCUT2D eigenvalue weighted by molar-refractivity contribution is 0.608. The average Bonchev–Trinajstić information content (AvgIpc) is 2.93. The summed E-state index contributed by atoms with van der Waals surface area (Å²) in [5.74, 6) is 1.14. The summed E-state index contributed by atoms with van der Waals surface area (Å²) in [6, 6.07) is 0. The van der Waals surface area contributed by atoms with Crippen LogP contribution in [0.5, 0.6) is 0 Å². The zero-order valence-corrected chi connectivity index (χ0v) is 9.23. The molecule has 0 heteroatoms. The Morgan fingerprint density at radius 1 is 1.00 bits per heavy atom. The summed E-state index contributed by atoms with van der Waals surface area (Å²) in [6.07, 6.45) is 16.9. The van der Waals surface area contributed by atoms with Gasteiger partial charge in [0.05, 0.1) is 0 Å². The van der Waals surface area contributed by atoms with E-state index in [9.17, 15) is 0 Å². The summed E-state index contributed by atoms with van der Waals surface area (Å²) in [4.78, 5) is 0. The second kappa shape index (κ2) is 7.41. The molecule has 0 saturated heterocycles. The molecule has 0 aromatic carbocycles. The average molecular weight is 181 g/mol. The molecule has 0 bridgehead atoms. The van der Waals surface area contributed by atoms with Crippen LogP contribution in [0.15, 0.2) is 0 Å². The Morgan fingerprint density at radius 2 is 1.69 bits per heavy atom. The van der Waals surface area contributed by atoms with Gasteiger partial charge in [-0.05, 0) is 12.3 Å². The highest BCUT2D eigenvalue weighted by Gasteiger charge is 2.19. The molecular formula is C13H25. The first-order valence-corrected chi connectivity index (χ1v) is 6.25. The lowest BCUT2D eigenvalue weighted by Gasteiger charge is -2.00. The van der Waals surface area contributed by atoms with Crippen LogP contribution in [-0.2, 0) is 0 Å². The molecule has 0 amide bonds. The summed E-state index contributed by atoms with van der Waals surface area (Å²) in [5.41, 5.74) is 0. The highest BCUT2D eigenvalue weighted by atomic mass is 14.3. The Kier molecular flexibility index (Phi) is 6.31. The van der Waals surface area contributed by atoms with Crippen molar-refractivity contribution in [2.45, 2.75) is 71.1 Å². The van der Waals surface area contributed by atoms with Crippen molar-refractivity contribution in [3.8, 4) is 0 Å². The van der Waals surface area contributed by atoms with E-state index in [0.717, 1.165) is 5.92 Å². The van der Waals surface area contributed by atoms with Gasteiger partial charge in [-0.3, -0.25) is 0 Å². The minimum atomic E-state index is 1.14. The zero-order chi connectivity index (χ0) is 9.36. The molecule has 1 fully saturated rings. The van der Waals surface area contributed by atoms with Crippen molar-refractivity contribution in [3.05, 3.63) is 6.42 Å². The van der Waals surface area contributed by atoms with E-state index in [1.807, 2.05) is 0 Å². The van der Waals surface area contributed by atoms with E-state index < -0.39 is 0 Å². The van der Waals surface area contributed by atoms with Gasteiger partial charge in [0.2, 0.25) is 0 Å². The van der Waals surface area contributed by atoms with Crippen LogP contribution in [0.2, 0.25) is 0 Å². The number of hydrogen-bond donors (Lipinski definition) is 0. The van der Waals surface area contributed by atoms with Crippen LogP contribution in [0.4, 0.5) is 0 Å². The molecule has 0 heterocycles. The fourth-order valence-electron chi connectivity index (χ4n) is 1.81. The molecule has 0 unspecified atom stereocenters. The molecule has 13 heavy (non-hydrogen) atoms. The molecule has 1 rings (SSSR count). The van der Waals surface area contributed by atoms with Crippen LogP contribution >= 0.6 is 0 Å². The van der Waals surface area contributed by atoms with Crippen LogP contribution in [0.3, 0.4) is 0 Å². The molecule has 1 aliphatic rings. The molecule has 0 aromatic rings. The fraction of sp³-hybridized carbons (Fsp3) is 0.923. The van der Waals surface area contributed by atoms with E-state index in [0.29, 0.717) is 0 Å². The Labute approximate surface area is 84.1 Å². The number of unbranched alkanes of at least 4 members (excludes halogenated alkanes) is 7. The van der Waals surface area contributed by atoms with Gasteiger partial charge in [-0.15, -0.1) is 0 Å². The minimum absolute atomic E-state index is 1.14. The zero-order valence-electron chi connectivity index (χ0n) is 9.23. The molecular weight excluding hydrogens is 156 g/mol. The van der Waals surface area contributed by atoms with Gasteiger partial charge in [0.1, 0.15) is 0 Å². The maximum Gasteiger partial charge on any atom is -0.0386 e. The van der Waals surface area contributed by atoms with Crippen LogP contribution in [0.25, 0.3) is 0 Å². The predicted molar refractivity (Wildman–Crippen MR) is 59.6 cm³/mol. The first kappa shape index (κ1) is 11.1. The fourth-order valence-corrected chi connectivity index (χ4v) is 1.81. The lowest BCUT2D eigenvalue weighted by atomic mass is 10.1. The highest BCUT2D eigenvalue weighted by molar-refractivity contribution is 4.73. The first-order valence-electron chi connectivity index (χ1n) is 6.25. The van der Waals surface area contributed by atoms with Gasteiger partial charge >= 0.3 is 0 Å². The van der Waals surface area contributed by atoms with Crippen molar-refractivity contribution in [1.29, 1.82) is 0 Å². The van der Waals surface area contributed by atoms with Crippen LogP contribution < -0.4 is 0 Å². The maximum atomic E-state index is 2.50. The van der Waals surface area contributed by atoms with Crippen molar-refractivity contribution in [2.75, 3.05) is 0 Å². The van der Waals surface area contributed by atoms with Gasteiger partial charge < -0.3 is 0 Å². The molecule has 77 valence electrons. The van der Waals surface area contributed by atoms with Crippen LogP contribution in [-0.4, -0.2) is 0 Å². The van der Waals surface area contributed by atoms with Crippen molar-refractivity contribution in [3.63, 3.8) is 0 Å². The normalized spacial score (nSPS) is 16.4. The minimum Gasteiger partial charge on any atom is -0.0654 e. The summed E-state index contributed by atoms with van der Waals surface area (Å²) < 4.78 is 0. The van der Waals surface area contributed by atoms with E-state index in [2.05, 4.69) is 13.3 Å². The summed E-state index contributed by atoms with van der Waals surface area (Å²) in [7, 11) is 0. The van der Waals surface area contributed by atoms with Crippen molar-refractivity contribution in [2.24, 2.45) is 5.92 Å². The second-order valence-corrected chi connectivity index (χ2v) is 4.51. The van der Waals surface area contributed by atoms with Gasteiger partial charge in [0, 0.05) is 0 Å². The Morgan fingerprint density at radius 3 is 2.31 bits per heavy atom. The topological polar surface area (TPSA) is 0 Å². The van der Waals surface area contributed by atoms with Crippen LogP contribution in [0.1, 0.15) is 71.1 Å². The smallest absolute Gasteiger partial charge is 0.0386 e. The molecule has 0 aromatic heterocycles. The highest BCUT2D eigenvalue weighted by Crippen LogP contribution is 2.34. The molecule has 0 atom stereocenters. The van der Waals surface area contributed by atoms with E-state index in [-0.39, 0.29) is 0 Å². The third-order valence-corrected chi connectivity index (χ3v) is 2.98. The van der Waals surface area contributed by atoms with Crippen molar-refractivity contribution >= 4 is 0 Å². The molecule has 0 aliphatic heterocycles. The van der Waals surface area contributed by atoms with Gasteiger partial charge in [0.15, 0.2) is 0 Å². The van der Waals surface area contributed by atoms with E-state index in [4.69, 9.17) is 0 Å².